The van der Waals surface area contributed by atoms with Crippen molar-refractivity contribution < 1.29 is 20.4 Å². The van der Waals surface area contributed by atoms with Crippen LogP contribution in [0.5, 0.6) is 0 Å². The first kappa shape index (κ1) is 33.0. The molecule has 4 heteroatoms. The summed E-state index contributed by atoms with van der Waals surface area (Å²) >= 11 is 2.37. The van der Waals surface area contributed by atoms with Gasteiger partial charge in [-0.05, 0) is 11.1 Å². The zero-order chi connectivity index (χ0) is 26.2. The number of rotatable bonds is 3. The fraction of sp³-hybridized carbons (Fsp3) is 0.355. The second-order valence-corrected chi connectivity index (χ2v) is 9.23. The number of hydrogen-bond acceptors (Lipinski definition) is 0. The van der Waals surface area contributed by atoms with Crippen LogP contribution in [0.2, 0.25) is 4.22 Å². The molecule has 0 amide bonds. The monoisotopic (exact) mass is 505 g/mol. The van der Waals surface area contributed by atoms with Crippen molar-refractivity contribution >= 4 is 12.2 Å². The Morgan fingerprint density at radius 1 is 0.629 bits per heavy atom. The van der Waals surface area contributed by atoms with Gasteiger partial charge in [0.2, 0.25) is 0 Å². The van der Waals surface area contributed by atoms with Gasteiger partial charge >= 0.3 is 73.6 Å². The Morgan fingerprint density at radius 2 is 1.03 bits per heavy atom. The third kappa shape index (κ3) is 17.1. The van der Waals surface area contributed by atoms with E-state index in [4.69, 9.17) is 0 Å². The van der Waals surface area contributed by atoms with Crippen molar-refractivity contribution in [3.05, 3.63) is 124 Å². The number of hydrogen-bond donors (Lipinski definition) is 0. The van der Waals surface area contributed by atoms with E-state index in [-0.39, 0.29) is 0 Å². The van der Waals surface area contributed by atoms with Crippen LogP contribution in [0.25, 0.3) is 28.1 Å². The van der Waals surface area contributed by atoms with Crippen LogP contribution in [0.3, 0.4) is 0 Å². The van der Waals surface area contributed by atoms with Crippen molar-refractivity contribution in [2.75, 3.05) is 42.3 Å². The summed E-state index contributed by atoms with van der Waals surface area (Å²) in [5.41, 5.74) is 2.44. The Balaban J connectivity index is 0.000000518. The van der Waals surface area contributed by atoms with Crippen molar-refractivity contribution in [2.45, 2.75) is 17.1 Å². The topological polar surface area (TPSA) is 42.3 Å². The summed E-state index contributed by atoms with van der Waals surface area (Å²) < 4.78 is 0.922. The van der Waals surface area contributed by atoms with Crippen LogP contribution in [0.1, 0.15) is 24.0 Å². The summed E-state index contributed by atoms with van der Waals surface area (Å²) in [4.78, 5) is 0. The first-order chi connectivity index (χ1) is 17.1. The average molecular weight is 506 g/mol. The van der Waals surface area contributed by atoms with E-state index in [1.165, 1.54) is 24.0 Å². The first-order valence-corrected chi connectivity index (χ1v) is 12.9. The van der Waals surface area contributed by atoms with E-state index < -0.39 is 0 Å². The summed E-state index contributed by atoms with van der Waals surface area (Å²) in [5, 5.41) is 10.5. The molecule has 3 unspecified atom stereocenters. The summed E-state index contributed by atoms with van der Waals surface area (Å²) in [7, 11) is 10.5. The van der Waals surface area contributed by atoms with Gasteiger partial charge in [0, 0.05) is 0 Å². The molecular formula is C31H43N3Ti. The van der Waals surface area contributed by atoms with Gasteiger partial charge in [-0.15, -0.1) is 0 Å². The molecule has 1 fully saturated rings. The minimum absolute atomic E-state index is 0.866. The first-order valence-electron chi connectivity index (χ1n) is 12.0. The second kappa shape index (κ2) is 23.7. The molecule has 0 heterocycles. The third-order valence-electron chi connectivity index (χ3n) is 4.86. The van der Waals surface area contributed by atoms with E-state index >= 15 is 0 Å². The van der Waals surface area contributed by atoms with Gasteiger partial charge in [-0.2, -0.15) is 42.3 Å². The molecule has 35 heavy (non-hydrogen) atoms. The van der Waals surface area contributed by atoms with E-state index in [0.29, 0.717) is 0 Å². The Bertz CT molecular complexity index is 777. The normalized spacial score (nSPS) is 19.3. The standard InChI is InChI=1S/C16H14.C9H11.3C2H6N.Ti/c1-3-9-15(10-4-1)13-7-8-14-16-11-5-2-6-12-16;1-2-5-9-7-3-6-8(9)4-1;3*1-3-2;/h1-14H;1-2,4-6,8-9H,3,7H2;3*1-2H3;/q;;3*-1;+3. The zero-order valence-electron chi connectivity index (χ0n) is 22.4. The molecule has 4 rings (SSSR count). The summed E-state index contributed by atoms with van der Waals surface area (Å²) in [6.45, 7) is 0. The molecule has 0 bridgehead atoms. The van der Waals surface area contributed by atoms with Gasteiger partial charge in [-0.25, -0.2) is 0 Å². The second-order valence-electron chi connectivity index (χ2n) is 8.08. The van der Waals surface area contributed by atoms with Gasteiger partial charge in [0.15, 0.2) is 0 Å². The number of fused-ring (bicyclic) bond motifs is 1. The molecule has 2 aliphatic carbocycles. The van der Waals surface area contributed by atoms with Crippen LogP contribution in [-0.2, 0) is 20.4 Å². The average Bonchev–Trinajstić information content (AvgIpc) is 3.26. The molecule has 0 aromatic heterocycles. The van der Waals surface area contributed by atoms with Crippen LogP contribution < -0.4 is 0 Å². The molecule has 0 aliphatic heterocycles. The Hall–Kier alpha value is -2.01. The molecule has 0 saturated heterocycles. The van der Waals surface area contributed by atoms with Crippen LogP contribution >= 0.6 is 0 Å². The molecule has 1 saturated carbocycles. The van der Waals surface area contributed by atoms with Crippen molar-refractivity contribution in [1.29, 1.82) is 0 Å². The fourth-order valence-corrected chi connectivity index (χ4v) is 4.24. The Labute approximate surface area is 227 Å². The van der Waals surface area contributed by atoms with Crippen LogP contribution in [0.15, 0.2) is 97.1 Å². The quantitative estimate of drug-likeness (QED) is 0.296. The van der Waals surface area contributed by atoms with Gasteiger partial charge in [-0.3, -0.25) is 0 Å². The van der Waals surface area contributed by atoms with E-state index in [1.807, 2.05) is 36.4 Å². The maximum absolute atomic E-state index is 3.50. The summed E-state index contributed by atoms with van der Waals surface area (Å²) in [5.74, 6) is 1.74. The van der Waals surface area contributed by atoms with E-state index in [1.54, 1.807) is 42.3 Å². The Morgan fingerprint density at radius 3 is 1.43 bits per heavy atom. The summed E-state index contributed by atoms with van der Waals surface area (Å²) in [6.07, 6.45) is 20.3. The molecule has 2 aromatic rings. The number of benzene rings is 2. The SMILES string of the molecule is C(C=Cc1ccccc1)=Cc1ccccc1.C[N-]C.C[N-]C.C[N-]C.[Ti+3][CH]1CCC2C=CC=CC12. The summed E-state index contributed by atoms with van der Waals surface area (Å²) in [6, 6.07) is 20.6. The minimum atomic E-state index is 0.866. The number of nitrogens with zero attached hydrogens (tertiary/aromatic N) is 3. The zero-order valence-corrected chi connectivity index (χ0v) is 23.9. The Kier molecular flexibility index (Phi) is 22.4. The molecule has 3 nitrogen and oxygen atoms in total. The van der Waals surface area contributed by atoms with Crippen molar-refractivity contribution in [1.82, 2.24) is 0 Å². The van der Waals surface area contributed by atoms with E-state index in [2.05, 4.69) is 109 Å². The maximum atomic E-state index is 3.50. The van der Waals surface area contributed by atoms with Crippen molar-refractivity contribution in [3.63, 3.8) is 0 Å². The van der Waals surface area contributed by atoms with Gasteiger partial charge in [0.25, 0.3) is 0 Å². The van der Waals surface area contributed by atoms with Crippen LogP contribution in [0.4, 0.5) is 0 Å². The van der Waals surface area contributed by atoms with Gasteiger partial charge in [0.05, 0.1) is 0 Å². The van der Waals surface area contributed by atoms with Crippen molar-refractivity contribution in [2.24, 2.45) is 11.8 Å². The van der Waals surface area contributed by atoms with Gasteiger partial charge in [0.1, 0.15) is 0 Å². The molecule has 186 valence electrons. The predicted octanol–water partition coefficient (Wildman–Crippen LogP) is 8.75. The molecule has 3 atom stereocenters. The third-order valence-corrected chi connectivity index (χ3v) is 5.91. The van der Waals surface area contributed by atoms with Crippen LogP contribution in [-0.4, -0.2) is 42.3 Å². The predicted molar refractivity (Wildman–Crippen MR) is 155 cm³/mol. The fourth-order valence-electron chi connectivity index (χ4n) is 3.42. The van der Waals surface area contributed by atoms with E-state index in [0.717, 1.165) is 16.1 Å². The molecule has 0 N–H and O–H groups in total. The van der Waals surface area contributed by atoms with E-state index in [9.17, 15) is 0 Å². The molecule has 2 aliphatic rings. The van der Waals surface area contributed by atoms with Crippen molar-refractivity contribution in [3.8, 4) is 0 Å². The molecule has 2 aromatic carbocycles. The van der Waals surface area contributed by atoms with Gasteiger partial charge in [-0.1, -0.05) is 85.0 Å². The van der Waals surface area contributed by atoms with Gasteiger partial charge < -0.3 is 16.0 Å². The molecule has 0 spiro atoms. The molecule has 0 radical (unpaired) electrons. The molecular weight excluding hydrogens is 462 g/mol. The van der Waals surface area contributed by atoms with Crippen LogP contribution in [0, 0.1) is 11.8 Å². The number of allylic oxidation sites excluding steroid dienone is 6.